The Labute approximate surface area is 160 Å². The number of aromatic amines is 1. The maximum absolute atomic E-state index is 11.1. The summed E-state index contributed by atoms with van der Waals surface area (Å²) in [5.74, 6) is 1.60. The topological polar surface area (TPSA) is 146 Å². The molecule has 0 spiro atoms. The van der Waals surface area contributed by atoms with E-state index in [0.717, 1.165) is 11.1 Å². The number of hydrogen-bond acceptors (Lipinski definition) is 7. The molecule has 1 amide bonds. The van der Waals surface area contributed by atoms with Crippen molar-refractivity contribution in [3.8, 4) is 11.5 Å². The van der Waals surface area contributed by atoms with Gasteiger partial charge in [-0.05, 0) is 23.8 Å². The lowest BCUT2D eigenvalue weighted by Gasteiger charge is -2.15. The van der Waals surface area contributed by atoms with E-state index in [9.17, 15) is 9.59 Å². The molecular weight excluding hydrogens is 362 g/mol. The number of carbonyl (C=O) groups is 1. The van der Waals surface area contributed by atoms with Crippen molar-refractivity contribution < 1.29 is 14.3 Å². The third kappa shape index (κ3) is 3.78. The Kier molecular flexibility index (Phi) is 5.25. The Morgan fingerprint density at radius 2 is 1.86 bits per heavy atom. The first-order valence-corrected chi connectivity index (χ1v) is 8.29. The fraction of sp³-hybridized carbons (Fsp3) is 0.158. The number of nitrogens with one attached hydrogen (secondary N) is 1. The molecule has 9 heteroatoms. The molecule has 0 saturated heterocycles. The Hall–Kier alpha value is -3.88. The number of rotatable bonds is 2. The Bertz CT molecular complexity index is 1140. The summed E-state index contributed by atoms with van der Waals surface area (Å²) in [6, 6.07) is 10.7. The molecule has 0 saturated carbocycles. The number of aromatic nitrogens is 2. The Morgan fingerprint density at radius 1 is 1.07 bits per heavy atom. The number of anilines is 1. The van der Waals surface area contributed by atoms with Crippen molar-refractivity contribution in [2.45, 2.75) is 6.42 Å². The van der Waals surface area contributed by atoms with Crippen LogP contribution in [0.5, 0.6) is 11.5 Å². The van der Waals surface area contributed by atoms with Gasteiger partial charge in [-0.25, -0.2) is 4.79 Å². The van der Waals surface area contributed by atoms with E-state index in [-0.39, 0.29) is 17.6 Å². The number of methoxy groups -OCH3 is 2. The van der Waals surface area contributed by atoms with Crippen LogP contribution in [0.25, 0.3) is 10.9 Å². The number of H-pyrrole nitrogens is 1. The summed E-state index contributed by atoms with van der Waals surface area (Å²) < 4.78 is 10.2. The molecule has 0 bridgehead atoms. The SMILES string of the molecule is COc1ccc2c(N)nc(=O)[nH]c2c1.COc1cccc2c1C(N)=NC(=O)C2. The third-order valence-corrected chi connectivity index (χ3v) is 4.14. The number of ether oxygens (including phenoxy) is 2. The minimum Gasteiger partial charge on any atom is -0.497 e. The number of amidine groups is 1. The molecule has 4 rings (SSSR count). The standard InChI is InChI=1S/C10H10N2O2.C9H9N3O2/c1-14-7-4-2-3-6-5-8(13)12-10(11)9(6)7;1-14-5-2-3-6-7(4-5)11-9(13)12-8(6)10/h2-4H,5H2,1H3,(H2,11,12,13);2-4H,1H3,(H3,10,11,12,13). The van der Waals surface area contributed by atoms with Gasteiger partial charge in [-0.1, -0.05) is 12.1 Å². The summed E-state index contributed by atoms with van der Waals surface area (Å²) in [5.41, 5.74) is 13.0. The van der Waals surface area contributed by atoms with Gasteiger partial charge in [-0.3, -0.25) is 4.79 Å². The first kappa shape index (κ1) is 18.9. The van der Waals surface area contributed by atoms with Crippen molar-refractivity contribution in [1.82, 2.24) is 9.97 Å². The number of fused-ring (bicyclic) bond motifs is 2. The highest BCUT2D eigenvalue weighted by molar-refractivity contribution is 6.10. The first-order chi connectivity index (χ1) is 13.4. The molecule has 0 unspecified atom stereocenters. The van der Waals surface area contributed by atoms with E-state index >= 15 is 0 Å². The average molecular weight is 381 g/mol. The van der Waals surface area contributed by atoms with Gasteiger partial charge < -0.3 is 25.9 Å². The van der Waals surface area contributed by atoms with E-state index in [1.807, 2.05) is 12.1 Å². The van der Waals surface area contributed by atoms with Gasteiger partial charge in [0, 0.05) is 11.5 Å². The van der Waals surface area contributed by atoms with E-state index in [0.29, 0.717) is 28.8 Å². The Morgan fingerprint density at radius 3 is 2.57 bits per heavy atom. The van der Waals surface area contributed by atoms with Gasteiger partial charge in [-0.2, -0.15) is 9.98 Å². The van der Waals surface area contributed by atoms with Gasteiger partial charge in [0.25, 0.3) is 5.91 Å². The van der Waals surface area contributed by atoms with Crippen LogP contribution >= 0.6 is 0 Å². The van der Waals surface area contributed by atoms with Crippen LogP contribution in [0.1, 0.15) is 11.1 Å². The first-order valence-electron chi connectivity index (χ1n) is 8.29. The summed E-state index contributed by atoms with van der Waals surface area (Å²) >= 11 is 0. The number of carbonyl (C=O) groups excluding carboxylic acids is 1. The minimum atomic E-state index is -0.455. The van der Waals surface area contributed by atoms with Gasteiger partial charge in [-0.15, -0.1) is 0 Å². The highest BCUT2D eigenvalue weighted by Crippen LogP contribution is 2.25. The molecule has 0 aliphatic carbocycles. The molecule has 2 aromatic carbocycles. The van der Waals surface area contributed by atoms with Gasteiger partial charge in [0.2, 0.25) is 0 Å². The van der Waals surface area contributed by atoms with Crippen LogP contribution in [0.3, 0.4) is 0 Å². The second-order valence-electron chi connectivity index (χ2n) is 5.90. The number of nitrogens with zero attached hydrogens (tertiary/aromatic N) is 2. The molecule has 9 nitrogen and oxygen atoms in total. The molecule has 144 valence electrons. The second kappa shape index (κ2) is 7.78. The van der Waals surface area contributed by atoms with E-state index in [2.05, 4.69) is 15.0 Å². The number of hydrogen-bond donors (Lipinski definition) is 3. The largest absolute Gasteiger partial charge is 0.497 e. The van der Waals surface area contributed by atoms with Crippen LogP contribution in [0.15, 0.2) is 46.2 Å². The second-order valence-corrected chi connectivity index (χ2v) is 5.90. The molecule has 0 fully saturated rings. The van der Waals surface area contributed by atoms with Crippen molar-refractivity contribution in [3.05, 3.63) is 58.0 Å². The summed E-state index contributed by atoms with van der Waals surface area (Å²) in [5, 5.41) is 0.713. The maximum Gasteiger partial charge on any atom is 0.347 e. The summed E-state index contributed by atoms with van der Waals surface area (Å²) in [4.78, 5) is 32.0. The van der Waals surface area contributed by atoms with Crippen LogP contribution in [0.2, 0.25) is 0 Å². The Balaban J connectivity index is 0.000000161. The summed E-state index contributed by atoms with van der Waals surface area (Å²) in [7, 11) is 3.13. The lowest BCUT2D eigenvalue weighted by Crippen LogP contribution is -2.24. The van der Waals surface area contributed by atoms with Crippen molar-refractivity contribution in [2.24, 2.45) is 10.7 Å². The van der Waals surface area contributed by atoms with E-state index < -0.39 is 5.69 Å². The van der Waals surface area contributed by atoms with Crippen LogP contribution in [0, 0.1) is 0 Å². The van der Waals surface area contributed by atoms with Crippen LogP contribution in [-0.2, 0) is 11.2 Å². The molecule has 28 heavy (non-hydrogen) atoms. The monoisotopic (exact) mass is 381 g/mol. The molecule has 3 aromatic rings. The van der Waals surface area contributed by atoms with E-state index in [1.54, 1.807) is 38.5 Å². The predicted molar refractivity (Wildman–Crippen MR) is 106 cm³/mol. The fourth-order valence-electron chi connectivity index (χ4n) is 2.87. The number of nitrogen functional groups attached to an aromatic ring is 1. The third-order valence-electron chi connectivity index (χ3n) is 4.14. The van der Waals surface area contributed by atoms with Gasteiger partial charge >= 0.3 is 5.69 Å². The van der Waals surface area contributed by atoms with Crippen molar-refractivity contribution in [2.75, 3.05) is 20.0 Å². The van der Waals surface area contributed by atoms with Crippen LogP contribution in [-0.4, -0.2) is 35.9 Å². The van der Waals surface area contributed by atoms with E-state index in [4.69, 9.17) is 20.9 Å². The fourth-order valence-corrected chi connectivity index (χ4v) is 2.87. The average Bonchev–Trinajstić information content (AvgIpc) is 2.67. The molecule has 5 N–H and O–H groups in total. The predicted octanol–water partition coefficient (Wildman–Crippen LogP) is 0.997. The smallest absolute Gasteiger partial charge is 0.347 e. The molecule has 0 radical (unpaired) electrons. The van der Waals surface area contributed by atoms with Gasteiger partial charge in [0.1, 0.15) is 23.2 Å². The minimum absolute atomic E-state index is 0.205. The lowest BCUT2D eigenvalue weighted by molar-refractivity contribution is -0.117. The zero-order valence-electron chi connectivity index (χ0n) is 15.4. The normalized spacial score (nSPS) is 12.5. The lowest BCUT2D eigenvalue weighted by atomic mass is 10.00. The van der Waals surface area contributed by atoms with Crippen molar-refractivity contribution >= 4 is 28.5 Å². The molecule has 0 atom stereocenters. The quantitative estimate of drug-likeness (QED) is 0.600. The highest BCUT2D eigenvalue weighted by Gasteiger charge is 2.20. The number of nitrogens with two attached hydrogens (primary N) is 2. The number of aliphatic imine (C=N–C) groups is 1. The van der Waals surface area contributed by atoms with E-state index in [1.165, 1.54) is 0 Å². The van der Waals surface area contributed by atoms with Crippen LogP contribution in [0.4, 0.5) is 5.82 Å². The summed E-state index contributed by atoms with van der Waals surface area (Å²) in [6.45, 7) is 0. The number of benzene rings is 2. The zero-order chi connectivity index (χ0) is 20.3. The molecule has 2 heterocycles. The van der Waals surface area contributed by atoms with Crippen molar-refractivity contribution in [1.29, 1.82) is 0 Å². The van der Waals surface area contributed by atoms with Crippen molar-refractivity contribution in [3.63, 3.8) is 0 Å². The molecule has 1 aromatic heterocycles. The molecule has 1 aliphatic heterocycles. The molecule has 1 aliphatic rings. The highest BCUT2D eigenvalue weighted by atomic mass is 16.5. The van der Waals surface area contributed by atoms with Gasteiger partial charge in [0.05, 0.1) is 31.7 Å². The maximum atomic E-state index is 11.1. The number of amides is 1. The molecular formula is C19H19N5O4. The zero-order valence-corrected chi connectivity index (χ0v) is 15.4. The summed E-state index contributed by atoms with van der Waals surface area (Å²) in [6.07, 6.45) is 0.299. The van der Waals surface area contributed by atoms with Crippen LogP contribution < -0.4 is 26.6 Å². The van der Waals surface area contributed by atoms with Gasteiger partial charge in [0.15, 0.2) is 0 Å².